The van der Waals surface area contributed by atoms with E-state index >= 15 is 0 Å². The van der Waals surface area contributed by atoms with E-state index in [0.29, 0.717) is 4.90 Å². The van der Waals surface area contributed by atoms with Gasteiger partial charge in [-0.15, -0.1) is 0 Å². The third-order valence-electron chi connectivity index (χ3n) is 3.11. The first-order chi connectivity index (χ1) is 9.41. The van der Waals surface area contributed by atoms with E-state index in [9.17, 15) is 25.4 Å². The molecule has 1 fully saturated rings. The highest BCUT2D eigenvalue weighted by Crippen LogP contribution is 2.37. The topological polar surface area (TPSA) is 113 Å². The summed E-state index contributed by atoms with van der Waals surface area (Å²) in [7, 11) is 0. The van der Waals surface area contributed by atoms with Gasteiger partial charge in [0, 0.05) is 6.07 Å². The first kappa shape index (κ1) is 15.2. The third kappa shape index (κ3) is 2.94. The van der Waals surface area contributed by atoms with Crippen LogP contribution < -0.4 is 0 Å². The number of hydrogen-bond acceptors (Lipinski definition) is 7. The molecule has 1 aliphatic rings. The summed E-state index contributed by atoms with van der Waals surface area (Å²) >= 11 is 0.952. The molecule has 1 aromatic carbocycles. The van der Waals surface area contributed by atoms with Gasteiger partial charge < -0.3 is 20.1 Å². The predicted octanol–water partition coefficient (Wildman–Crippen LogP) is 0.514. The van der Waals surface area contributed by atoms with Crippen LogP contribution >= 0.6 is 11.8 Å². The molecule has 1 saturated heterocycles. The molecule has 2 rings (SSSR count). The smallest absolute Gasteiger partial charge is 0.282 e. The van der Waals surface area contributed by atoms with E-state index in [4.69, 9.17) is 4.74 Å². The monoisotopic (exact) mass is 301 g/mol. The summed E-state index contributed by atoms with van der Waals surface area (Å²) in [5.41, 5.74) is -0.980. The number of benzene rings is 1. The molecule has 0 aromatic heterocycles. The fraction of sp³-hybridized carbons (Fsp3) is 0.500. The van der Waals surface area contributed by atoms with Gasteiger partial charge >= 0.3 is 0 Å². The second kappa shape index (κ2) is 6.06. The summed E-state index contributed by atoms with van der Waals surface area (Å²) in [6, 6.07) is 6.08. The van der Waals surface area contributed by atoms with Crippen LogP contribution in [0.5, 0.6) is 0 Å². The van der Waals surface area contributed by atoms with Crippen molar-refractivity contribution in [3.05, 3.63) is 34.4 Å². The van der Waals surface area contributed by atoms with Gasteiger partial charge in [-0.3, -0.25) is 10.1 Å². The Hall–Kier alpha value is -1.19. The number of aliphatic hydroxyl groups excluding tert-OH is 3. The number of nitro groups is 1. The molecule has 0 spiro atoms. The van der Waals surface area contributed by atoms with E-state index in [1.165, 1.54) is 6.07 Å². The van der Waals surface area contributed by atoms with Crippen LogP contribution in [0.2, 0.25) is 0 Å². The Morgan fingerprint density at radius 1 is 1.20 bits per heavy atom. The van der Waals surface area contributed by atoms with Crippen molar-refractivity contribution >= 4 is 17.4 Å². The van der Waals surface area contributed by atoms with Crippen molar-refractivity contribution in [3.63, 3.8) is 0 Å². The Morgan fingerprint density at radius 2 is 1.85 bits per heavy atom. The minimum absolute atomic E-state index is 0.0958. The normalized spacial score (nSPS) is 33.9. The van der Waals surface area contributed by atoms with Crippen LogP contribution in [0.1, 0.15) is 6.92 Å². The second-order valence-electron chi connectivity index (χ2n) is 4.52. The Balaban J connectivity index is 2.20. The predicted molar refractivity (Wildman–Crippen MR) is 71.3 cm³/mol. The molecule has 7 nitrogen and oxygen atoms in total. The fourth-order valence-corrected chi connectivity index (χ4v) is 3.15. The van der Waals surface area contributed by atoms with Crippen LogP contribution in [0.15, 0.2) is 29.2 Å². The van der Waals surface area contributed by atoms with Gasteiger partial charge in [0.25, 0.3) is 5.69 Å². The van der Waals surface area contributed by atoms with Gasteiger partial charge in [0.15, 0.2) is 0 Å². The van der Waals surface area contributed by atoms with Crippen molar-refractivity contribution < 1.29 is 25.0 Å². The van der Waals surface area contributed by atoms with E-state index in [2.05, 4.69) is 0 Å². The summed E-state index contributed by atoms with van der Waals surface area (Å²) in [6.07, 6.45) is -4.54. The molecule has 0 amide bonds. The maximum atomic E-state index is 10.9. The molecule has 0 radical (unpaired) electrons. The lowest BCUT2D eigenvalue weighted by atomic mass is 10.0. The molecule has 8 heteroatoms. The average molecular weight is 301 g/mol. The lowest BCUT2D eigenvalue weighted by Gasteiger charge is -2.38. The van der Waals surface area contributed by atoms with Crippen molar-refractivity contribution in [2.24, 2.45) is 0 Å². The highest BCUT2D eigenvalue weighted by atomic mass is 32.2. The van der Waals surface area contributed by atoms with E-state index in [0.717, 1.165) is 11.8 Å². The van der Waals surface area contributed by atoms with Gasteiger partial charge in [-0.05, 0) is 13.0 Å². The van der Waals surface area contributed by atoms with Crippen molar-refractivity contribution in [2.75, 3.05) is 0 Å². The maximum absolute atomic E-state index is 10.9. The maximum Gasteiger partial charge on any atom is 0.282 e. The fourth-order valence-electron chi connectivity index (χ4n) is 1.94. The number of aliphatic hydroxyl groups is 3. The van der Waals surface area contributed by atoms with Gasteiger partial charge in [0.05, 0.1) is 15.9 Å². The number of nitro benzene ring substituents is 1. The molecule has 1 aliphatic heterocycles. The van der Waals surface area contributed by atoms with E-state index in [1.807, 2.05) is 0 Å². The van der Waals surface area contributed by atoms with Crippen LogP contribution in [0.3, 0.4) is 0 Å². The first-order valence-corrected chi connectivity index (χ1v) is 6.89. The van der Waals surface area contributed by atoms with E-state index in [1.54, 1.807) is 25.1 Å². The Labute approximate surface area is 119 Å². The quantitative estimate of drug-likeness (QED) is 0.551. The second-order valence-corrected chi connectivity index (χ2v) is 5.66. The Kier molecular flexibility index (Phi) is 4.61. The van der Waals surface area contributed by atoms with Crippen molar-refractivity contribution in [1.29, 1.82) is 0 Å². The molecule has 0 saturated carbocycles. The van der Waals surface area contributed by atoms with Crippen LogP contribution in [0, 0.1) is 10.1 Å². The Morgan fingerprint density at radius 3 is 2.50 bits per heavy atom. The first-order valence-electron chi connectivity index (χ1n) is 6.01. The lowest BCUT2D eigenvalue weighted by molar-refractivity contribution is -0.387. The molecule has 3 N–H and O–H groups in total. The van der Waals surface area contributed by atoms with Crippen LogP contribution in [-0.2, 0) is 4.74 Å². The molecule has 0 aliphatic carbocycles. The van der Waals surface area contributed by atoms with Gasteiger partial charge in [-0.1, -0.05) is 23.9 Å². The zero-order valence-corrected chi connectivity index (χ0v) is 11.4. The number of thioether (sulfide) groups is 1. The lowest BCUT2D eigenvalue weighted by Crippen LogP contribution is -2.55. The van der Waals surface area contributed by atoms with E-state index in [-0.39, 0.29) is 5.69 Å². The number of rotatable bonds is 3. The number of ether oxygens (including phenoxy) is 1. The Bertz CT molecular complexity index is 499. The van der Waals surface area contributed by atoms with E-state index < -0.39 is 34.8 Å². The zero-order valence-electron chi connectivity index (χ0n) is 10.6. The molecular formula is C12H15NO6S. The highest BCUT2D eigenvalue weighted by Gasteiger charge is 2.42. The molecule has 5 atom stereocenters. The zero-order chi connectivity index (χ0) is 14.9. The molecule has 0 unspecified atom stereocenters. The number of nitrogens with zero attached hydrogens (tertiary/aromatic N) is 1. The molecular weight excluding hydrogens is 286 g/mol. The molecule has 110 valence electrons. The SMILES string of the molecule is C[C@@H]1O[C@@H](Sc2ccccc2[N+](=O)[O-])[C@H](O)[C@H](O)[C@H]1O. The van der Waals surface area contributed by atoms with Gasteiger partial charge in [-0.2, -0.15) is 0 Å². The van der Waals surface area contributed by atoms with Gasteiger partial charge in [-0.25, -0.2) is 0 Å². The van der Waals surface area contributed by atoms with Crippen LogP contribution in [0.4, 0.5) is 5.69 Å². The van der Waals surface area contributed by atoms with Gasteiger partial charge in [0.2, 0.25) is 0 Å². The average Bonchev–Trinajstić information content (AvgIpc) is 2.43. The summed E-state index contributed by atoms with van der Waals surface area (Å²) in [5, 5.41) is 40.1. The minimum Gasteiger partial charge on any atom is -0.388 e. The molecule has 20 heavy (non-hydrogen) atoms. The highest BCUT2D eigenvalue weighted by molar-refractivity contribution is 8.00. The van der Waals surface area contributed by atoms with Crippen molar-refractivity contribution in [3.8, 4) is 0 Å². The molecule has 1 aromatic rings. The minimum atomic E-state index is -1.35. The largest absolute Gasteiger partial charge is 0.388 e. The number of hydrogen-bond donors (Lipinski definition) is 3. The summed E-state index contributed by atoms with van der Waals surface area (Å²) in [5.74, 6) is 0. The molecule has 0 bridgehead atoms. The number of para-hydroxylation sites is 1. The van der Waals surface area contributed by atoms with Crippen molar-refractivity contribution in [2.45, 2.75) is 41.7 Å². The van der Waals surface area contributed by atoms with Crippen LogP contribution in [0.25, 0.3) is 0 Å². The van der Waals surface area contributed by atoms with Crippen LogP contribution in [-0.4, -0.2) is 50.1 Å². The van der Waals surface area contributed by atoms with Gasteiger partial charge in [0.1, 0.15) is 23.7 Å². The van der Waals surface area contributed by atoms with Crippen molar-refractivity contribution in [1.82, 2.24) is 0 Å². The summed E-state index contributed by atoms with van der Waals surface area (Å²) < 4.78 is 5.40. The standard InChI is InChI=1S/C12H15NO6S/c1-6-9(14)10(15)11(16)12(19-6)20-8-5-3-2-4-7(8)13(17)18/h2-6,9-12,14-16H,1H3/t6-,9-,10+,11+,12-/m0/s1. The summed E-state index contributed by atoms with van der Waals surface area (Å²) in [6.45, 7) is 1.56. The third-order valence-corrected chi connectivity index (χ3v) is 4.33. The summed E-state index contributed by atoms with van der Waals surface area (Å²) in [4.78, 5) is 10.7. The molecule has 1 heterocycles.